The summed E-state index contributed by atoms with van der Waals surface area (Å²) in [4.78, 5) is 0. The van der Waals surface area contributed by atoms with E-state index in [1.807, 2.05) is 12.1 Å². The van der Waals surface area contributed by atoms with Gasteiger partial charge in [0.15, 0.2) is 6.79 Å². The van der Waals surface area contributed by atoms with Crippen molar-refractivity contribution in [1.29, 1.82) is 0 Å². The van der Waals surface area contributed by atoms with Crippen LogP contribution in [0.3, 0.4) is 0 Å². The van der Waals surface area contributed by atoms with Crippen LogP contribution in [0, 0.1) is 0 Å². The van der Waals surface area contributed by atoms with Crippen LogP contribution in [0.25, 0.3) is 0 Å². The highest BCUT2D eigenvalue weighted by atomic mass is 79.9. The second kappa shape index (κ2) is 4.51. The minimum Gasteiger partial charge on any atom is -0.467 e. The fraction of sp³-hybridized carbons (Fsp3) is 0.455. The summed E-state index contributed by atoms with van der Waals surface area (Å²) in [5.41, 5.74) is 2.06. The first-order chi connectivity index (χ1) is 7.16. The first-order valence-corrected chi connectivity index (χ1v) is 5.66. The molecule has 1 aromatic carbocycles. The monoisotopic (exact) mass is 272 g/mol. The number of hydrogen-bond acceptors (Lipinski definition) is 3. The summed E-state index contributed by atoms with van der Waals surface area (Å²) in [5, 5.41) is 9.40. The van der Waals surface area contributed by atoms with E-state index in [4.69, 9.17) is 9.47 Å². The second-order valence-electron chi connectivity index (χ2n) is 3.72. The zero-order valence-electron chi connectivity index (χ0n) is 8.50. The largest absolute Gasteiger partial charge is 0.467 e. The minimum atomic E-state index is -0.366. The molecule has 0 aliphatic carbocycles. The number of halogens is 1. The molecule has 1 aliphatic heterocycles. The molecular weight excluding hydrogens is 260 g/mol. The first-order valence-electron chi connectivity index (χ1n) is 4.86. The quantitative estimate of drug-likeness (QED) is 0.898. The summed E-state index contributed by atoms with van der Waals surface area (Å²) in [6.07, 6.45) is 0.233. The Labute approximate surface area is 97.1 Å². The third kappa shape index (κ3) is 2.51. The second-order valence-corrected chi connectivity index (χ2v) is 4.63. The van der Waals surface area contributed by atoms with Crippen molar-refractivity contribution in [3.8, 4) is 5.75 Å². The van der Waals surface area contributed by atoms with Crippen molar-refractivity contribution in [1.82, 2.24) is 0 Å². The van der Waals surface area contributed by atoms with E-state index < -0.39 is 0 Å². The van der Waals surface area contributed by atoms with Crippen LogP contribution in [0.4, 0.5) is 0 Å². The number of ether oxygens (including phenoxy) is 2. The van der Waals surface area contributed by atoms with E-state index in [1.165, 1.54) is 0 Å². The molecular formula is C11H13BrO3. The van der Waals surface area contributed by atoms with Gasteiger partial charge in [-0.05, 0) is 24.6 Å². The van der Waals surface area contributed by atoms with Gasteiger partial charge in [0.25, 0.3) is 0 Å². The smallest absolute Gasteiger partial charge is 0.189 e. The average molecular weight is 273 g/mol. The summed E-state index contributed by atoms with van der Waals surface area (Å²) < 4.78 is 11.7. The van der Waals surface area contributed by atoms with Crippen molar-refractivity contribution < 1.29 is 14.6 Å². The normalized spacial score (nSPS) is 16.7. The average Bonchev–Trinajstić information content (AvgIpc) is 2.16. The summed E-state index contributed by atoms with van der Waals surface area (Å²) in [6.45, 7) is 2.63. The van der Waals surface area contributed by atoms with E-state index in [0.717, 1.165) is 21.3 Å². The molecule has 1 aliphatic rings. The molecule has 3 nitrogen and oxygen atoms in total. The molecule has 1 N–H and O–H groups in total. The molecule has 0 aromatic heterocycles. The lowest BCUT2D eigenvalue weighted by atomic mass is 10.0. The van der Waals surface area contributed by atoms with Gasteiger partial charge in [0.2, 0.25) is 0 Å². The molecule has 0 fully saturated rings. The van der Waals surface area contributed by atoms with E-state index in [0.29, 0.717) is 19.8 Å². The van der Waals surface area contributed by atoms with E-state index in [2.05, 4.69) is 15.9 Å². The van der Waals surface area contributed by atoms with E-state index in [9.17, 15) is 5.11 Å². The number of fused-ring (bicyclic) bond motifs is 1. The summed E-state index contributed by atoms with van der Waals surface area (Å²) in [7, 11) is 0. The maximum Gasteiger partial charge on any atom is 0.189 e. The van der Waals surface area contributed by atoms with Crippen LogP contribution >= 0.6 is 15.9 Å². The topological polar surface area (TPSA) is 38.7 Å². The van der Waals surface area contributed by atoms with Crippen molar-refractivity contribution >= 4 is 15.9 Å². The third-order valence-electron chi connectivity index (χ3n) is 2.27. The zero-order chi connectivity index (χ0) is 10.8. The third-order valence-corrected chi connectivity index (χ3v) is 2.72. The minimum absolute atomic E-state index is 0.293. The number of rotatable bonds is 2. The Bertz CT molecular complexity index is 363. The highest BCUT2D eigenvalue weighted by Gasteiger charge is 2.16. The molecule has 82 valence electrons. The Morgan fingerprint density at radius 1 is 1.53 bits per heavy atom. The molecule has 1 aromatic rings. The maximum atomic E-state index is 9.40. The molecule has 2 rings (SSSR count). The summed E-state index contributed by atoms with van der Waals surface area (Å²) in [5.74, 6) is 0.866. The molecule has 0 bridgehead atoms. The van der Waals surface area contributed by atoms with Crippen molar-refractivity contribution in [3.05, 3.63) is 27.7 Å². The number of hydrogen-bond donors (Lipinski definition) is 1. The first kappa shape index (κ1) is 10.9. The molecule has 1 heterocycles. The predicted octanol–water partition coefficient (Wildman–Crippen LogP) is 2.24. The number of benzene rings is 1. The van der Waals surface area contributed by atoms with Gasteiger partial charge in [-0.25, -0.2) is 0 Å². The highest BCUT2D eigenvalue weighted by Crippen LogP contribution is 2.32. The van der Waals surface area contributed by atoms with Crippen LogP contribution in [0.15, 0.2) is 16.6 Å². The molecule has 0 radical (unpaired) electrons. The Kier molecular flexibility index (Phi) is 3.29. The van der Waals surface area contributed by atoms with Crippen LogP contribution in [0.2, 0.25) is 0 Å². The van der Waals surface area contributed by atoms with Gasteiger partial charge >= 0.3 is 0 Å². The summed E-state index contributed by atoms with van der Waals surface area (Å²) in [6, 6.07) is 3.97. The summed E-state index contributed by atoms with van der Waals surface area (Å²) >= 11 is 3.44. The Morgan fingerprint density at radius 2 is 2.33 bits per heavy atom. The zero-order valence-corrected chi connectivity index (χ0v) is 10.1. The molecule has 0 spiro atoms. The van der Waals surface area contributed by atoms with Gasteiger partial charge < -0.3 is 14.6 Å². The van der Waals surface area contributed by atoms with Crippen molar-refractivity contribution in [2.24, 2.45) is 0 Å². The molecule has 0 saturated heterocycles. The highest BCUT2D eigenvalue weighted by molar-refractivity contribution is 9.10. The molecule has 0 saturated carbocycles. The van der Waals surface area contributed by atoms with Gasteiger partial charge in [0, 0.05) is 16.5 Å². The molecule has 4 heteroatoms. The van der Waals surface area contributed by atoms with Crippen molar-refractivity contribution in [2.75, 3.05) is 6.79 Å². The van der Waals surface area contributed by atoms with Gasteiger partial charge in [-0.2, -0.15) is 0 Å². The van der Waals surface area contributed by atoms with Crippen LogP contribution in [-0.4, -0.2) is 18.0 Å². The van der Waals surface area contributed by atoms with Crippen molar-refractivity contribution in [3.63, 3.8) is 0 Å². The SMILES string of the molecule is CC(O)Cc1cc(Br)cc2c1OCOC2. The molecule has 1 unspecified atom stereocenters. The Balaban J connectivity index is 2.38. The standard InChI is InChI=1S/C11H13BrO3/c1-7(13)2-8-3-10(12)4-9-5-14-6-15-11(8)9/h3-4,7,13H,2,5-6H2,1H3. The molecule has 15 heavy (non-hydrogen) atoms. The fourth-order valence-corrected chi connectivity index (χ4v) is 2.28. The lowest BCUT2D eigenvalue weighted by molar-refractivity contribution is -0.0173. The maximum absolute atomic E-state index is 9.40. The van der Waals surface area contributed by atoms with Gasteiger partial charge in [0.05, 0.1) is 12.7 Å². The van der Waals surface area contributed by atoms with Crippen LogP contribution in [0.1, 0.15) is 18.1 Å². The van der Waals surface area contributed by atoms with Crippen LogP contribution < -0.4 is 4.74 Å². The van der Waals surface area contributed by atoms with Gasteiger partial charge in [-0.3, -0.25) is 0 Å². The number of aliphatic hydroxyl groups excluding tert-OH is 1. The van der Waals surface area contributed by atoms with Crippen LogP contribution in [0.5, 0.6) is 5.75 Å². The Morgan fingerprint density at radius 3 is 3.07 bits per heavy atom. The van der Waals surface area contributed by atoms with Gasteiger partial charge in [-0.15, -0.1) is 0 Å². The fourth-order valence-electron chi connectivity index (χ4n) is 1.73. The molecule has 0 amide bonds. The Hall–Kier alpha value is -0.580. The molecule has 1 atom stereocenters. The van der Waals surface area contributed by atoms with Crippen LogP contribution in [-0.2, 0) is 17.8 Å². The predicted molar refractivity (Wildman–Crippen MR) is 59.8 cm³/mol. The van der Waals surface area contributed by atoms with E-state index in [-0.39, 0.29) is 6.10 Å². The number of aliphatic hydroxyl groups is 1. The van der Waals surface area contributed by atoms with Gasteiger partial charge in [0.1, 0.15) is 5.75 Å². The lowest BCUT2D eigenvalue weighted by Gasteiger charge is -2.21. The lowest BCUT2D eigenvalue weighted by Crippen LogP contribution is -2.15. The van der Waals surface area contributed by atoms with E-state index in [1.54, 1.807) is 6.92 Å². The van der Waals surface area contributed by atoms with E-state index >= 15 is 0 Å². The van der Waals surface area contributed by atoms with Crippen molar-refractivity contribution in [2.45, 2.75) is 26.1 Å². The van der Waals surface area contributed by atoms with Gasteiger partial charge in [-0.1, -0.05) is 15.9 Å².